The molecule has 15 heavy (non-hydrogen) atoms. The van der Waals surface area contributed by atoms with Gasteiger partial charge in [-0.05, 0) is 36.7 Å². The summed E-state index contributed by atoms with van der Waals surface area (Å²) in [7, 11) is 0. The van der Waals surface area contributed by atoms with Gasteiger partial charge in [0, 0.05) is 4.91 Å². The molecule has 0 aromatic heterocycles. The van der Waals surface area contributed by atoms with Crippen molar-refractivity contribution in [3.05, 3.63) is 21.0 Å². The van der Waals surface area contributed by atoms with E-state index in [4.69, 9.17) is 5.41 Å². The summed E-state index contributed by atoms with van der Waals surface area (Å²) in [5.41, 5.74) is 3.44. The minimum Gasteiger partial charge on any atom is -0.299 e. The fourth-order valence-electron chi connectivity index (χ4n) is 1.78. The van der Waals surface area contributed by atoms with Crippen LogP contribution in [0.4, 0.5) is 0 Å². The van der Waals surface area contributed by atoms with E-state index in [2.05, 4.69) is 27.7 Å². The number of rotatable bonds is 4. The smallest absolute Gasteiger partial charge is 0.0718 e. The minimum absolute atomic E-state index is 0.797. The van der Waals surface area contributed by atoms with Gasteiger partial charge in [-0.2, -0.15) is 0 Å². The van der Waals surface area contributed by atoms with Crippen LogP contribution >= 0.6 is 11.8 Å². The van der Waals surface area contributed by atoms with Crippen LogP contribution in [-0.2, 0) is 0 Å². The number of hydrogen-bond donors (Lipinski definition) is 1. The van der Waals surface area contributed by atoms with Crippen LogP contribution in [0.25, 0.3) is 0 Å². The van der Waals surface area contributed by atoms with Crippen LogP contribution in [0, 0.1) is 5.41 Å². The van der Waals surface area contributed by atoms with E-state index in [0.29, 0.717) is 0 Å². The molecule has 1 N–H and O–H groups in total. The lowest BCUT2D eigenvalue weighted by Gasteiger charge is -2.03. The molecule has 1 nitrogen and oxygen atoms in total. The van der Waals surface area contributed by atoms with Crippen LogP contribution < -0.4 is 0 Å². The maximum atomic E-state index is 8.17. The molecule has 0 atom stereocenters. The highest BCUT2D eigenvalue weighted by Crippen LogP contribution is 2.43. The molecular weight excluding hydrogens is 202 g/mol. The zero-order valence-corrected chi connectivity index (χ0v) is 11.1. The second kappa shape index (κ2) is 5.55. The zero-order valence-electron chi connectivity index (χ0n) is 10.2. The molecular formula is C13H21NS. The molecule has 0 amide bonds. The minimum atomic E-state index is 0.797. The van der Waals surface area contributed by atoms with E-state index in [1.165, 1.54) is 27.4 Å². The van der Waals surface area contributed by atoms with Gasteiger partial charge in [0.05, 0.1) is 5.71 Å². The Hall–Kier alpha value is -0.500. The molecule has 0 spiro atoms. The highest BCUT2D eigenvalue weighted by molar-refractivity contribution is 8.08. The predicted molar refractivity (Wildman–Crippen MR) is 70.5 cm³/mol. The van der Waals surface area contributed by atoms with Crippen LogP contribution in [0.5, 0.6) is 0 Å². The molecule has 1 aliphatic heterocycles. The first kappa shape index (κ1) is 12.6. The molecule has 0 bridgehead atoms. The van der Waals surface area contributed by atoms with Crippen LogP contribution in [0.15, 0.2) is 21.0 Å². The molecule has 1 rings (SSSR count). The van der Waals surface area contributed by atoms with Crippen molar-refractivity contribution in [1.29, 1.82) is 5.41 Å². The van der Waals surface area contributed by atoms with Gasteiger partial charge in [0.15, 0.2) is 0 Å². The van der Waals surface area contributed by atoms with Gasteiger partial charge >= 0.3 is 0 Å². The highest BCUT2D eigenvalue weighted by Gasteiger charge is 2.24. The van der Waals surface area contributed by atoms with Gasteiger partial charge < -0.3 is 0 Å². The van der Waals surface area contributed by atoms with Crippen LogP contribution in [0.1, 0.15) is 53.4 Å². The lowest BCUT2D eigenvalue weighted by molar-refractivity contribution is 0.935. The Morgan fingerprint density at radius 1 is 1.27 bits per heavy atom. The third-order valence-corrected chi connectivity index (χ3v) is 4.29. The van der Waals surface area contributed by atoms with Gasteiger partial charge in [-0.1, -0.05) is 44.5 Å². The molecule has 0 fully saturated rings. The van der Waals surface area contributed by atoms with Gasteiger partial charge in [0.2, 0.25) is 0 Å². The Bertz CT molecular complexity index is 323. The summed E-state index contributed by atoms with van der Waals surface area (Å²) < 4.78 is 0. The van der Waals surface area contributed by atoms with E-state index in [0.717, 1.165) is 25.0 Å². The molecule has 0 saturated heterocycles. The van der Waals surface area contributed by atoms with Crippen LogP contribution in [0.2, 0.25) is 0 Å². The molecule has 0 radical (unpaired) electrons. The van der Waals surface area contributed by atoms with Crippen molar-refractivity contribution in [1.82, 2.24) is 0 Å². The molecule has 0 saturated carbocycles. The number of nitrogens with one attached hydrogen (secondary N) is 1. The van der Waals surface area contributed by atoms with Gasteiger partial charge in [0.1, 0.15) is 0 Å². The normalized spacial score (nSPS) is 20.1. The van der Waals surface area contributed by atoms with E-state index in [1.54, 1.807) is 0 Å². The monoisotopic (exact) mass is 223 g/mol. The van der Waals surface area contributed by atoms with E-state index < -0.39 is 0 Å². The van der Waals surface area contributed by atoms with Crippen molar-refractivity contribution in [2.24, 2.45) is 0 Å². The van der Waals surface area contributed by atoms with Crippen molar-refractivity contribution < 1.29 is 0 Å². The van der Waals surface area contributed by atoms with Crippen molar-refractivity contribution in [3.8, 4) is 0 Å². The van der Waals surface area contributed by atoms with Crippen molar-refractivity contribution in [2.75, 3.05) is 0 Å². The van der Waals surface area contributed by atoms with E-state index in [9.17, 15) is 0 Å². The average Bonchev–Trinajstić information content (AvgIpc) is 2.55. The molecule has 0 aromatic carbocycles. The largest absolute Gasteiger partial charge is 0.299 e. The average molecular weight is 223 g/mol. The third kappa shape index (κ3) is 2.54. The maximum Gasteiger partial charge on any atom is 0.0718 e. The second-order valence-electron chi connectivity index (χ2n) is 3.95. The van der Waals surface area contributed by atoms with Crippen molar-refractivity contribution in [2.45, 2.75) is 53.4 Å². The summed E-state index contributed by atoms with van der Waals surface area (Å²) in [6.45, 7) is 8.68. The summed E-state index contributed by atoms with van der Waals surface area (Å²) in [6.07, 6.45) is 4.37. The highest BCUT2D eigenvalue weighted by atomic mass is 32.2. The Labute approximate surface area is 97.5 Å². The first-order valence-electron chi connectivity index (χ1n) is 5.84. The summed E-state index contributed by atoms with van der Waals surface area (Å²) in [6, 6.07) is 0. The second-order valence-corrected chi connectivity index (χ2v) is 5.05. The van der Waals surface area contributed by atoms with Crippen LogP contribution in [-0.4, -0.2) is 5.71 Å². The summed E-state index contributed by atoms with van der Waals surface area (Å²) in [5.74, 6) is 0. The number of thioether (sulfide) groups is 1. The summed E-state index contributed by atoms with van der Waals surface area (Å²) >= 11 is 1.84. The first-order valence-corrected chi connectivity index (χ1v) is 6.66. The summed E-state index contributed by atoms with van der Waals surface area (Å²) in [4.78, 5) is 2.66. The van der Waals surface area contributed by atoms with Gasteiger partial charge in [-0.25, -0.2) is 0 Å². The predicted octanol–water partition coefficient (Wildman–Crippen LogP) is 4.90. The van der Waals surface area contributed by atoms with E-state index in [1.807, 2.05) is 11.8 Å². The molecule has 1 heterocycles. The molecule has 2 heteroatoms. The van der Waals surface area contributed by atoms with E-state index in [-0.39, 0.29) is 0 Å². The standard InChI is InChI=1S/C13H21NS/c1-5-8-11-10(7-3)12(14)13(15-11)9(4)6-2/h14H,5-8H2,1-4H3/b13-9+,14-12?. The van der Waals surface area contributed by atoms with E-state index >= 15 is 0 Å². The fourth-order valence-corrected chi connectivity index (χ4v) is 3.24. The molecule has 84 valence electrons. The Morgan fingerprint density at radius 2 is 1.93 bits per heavy atom. The quantitative estimate of drug-likeness (QED) is 0.720. The zero-order chi connectivity index (χ0) is 11.4. The topological polar surface area (TPSA) is 23.9 Å². The first-order chi connectivity index (χ1) is 7.15. The van der Waals surface area contributed by atoms with Gasteiger partial charge in [0.25, 0.3) is 0 Å². The summed E-state index contributed by atoms with van der Waals surface area (Å²) in [5, 5.41) is 8.17. The van der Waals surface area contributed by atoms with Gasteiger partial charge in [-0.15, -0.1) is 0 Å². The lowest BCUT2D eigenvalue weighted by Crippen LogP contribution is -1.98. The van der Waals surface area contributed by atoms with Crippen molar-refractivity contribution in [3.63, 3.8) is 0 Å². The van der Waals surface area contributed by atoms with Gasteiger partial charge in [-0.3, -0.25) is 5.41 Å². The van der Waals surface area contributed by atoms with Crippen molar-refractivity contribution >= 4 is 17.5 Å². The molecule has 0 aliphatic carbocycles. The SMILES string of the molecule is CCCC1=C(CC)C(=N)/C(=C(/C)CC)S1. The molecule has 1 aliphatic rings. The lowest BCUT2D eigenvalue weighted by atomic mass is 10.0. The molecule has 0 unspecified atom stereocenters. The Kier molecular flexibility index (Phi) is 4.65. The third-order valence-electron chi connectivity index (χ3n) is 2.84. The number of hydrogen-bond acceptors (Lipinski definition) is 2. The Morgan fingerprint density at radius 3 is 2.40 bits per heavy atom. The Balaban J connectivity index is 2.99. The fraction of sp³-hybridized carbons (Fsp3) is 0.615. The number of allylic oxidation sites excluding steroid dienone is 4. The maximum absolute atomic E-state index is 8.17. The van der Waals surface area contributed by atoms with Crippen LogP contribution in [0.3, 0.4) is 0 Å². The molecule has 0 aromatic rings.